The first-order valence-corrected chi connectivity index (χ1v) is 9.58. The fourth-order valence-corrected chi connectivity index (χ4v) is 7.70. The van der Waals surface area contributed by atoms with Crippen LogP contribution in [0.15, 0.2) is 36.4 Å². The second-order valence-corrected chi connectivity index (χ2v) is 8.87. The Kier molecular flexibility index (Phi) is 2.45. The van der Waals surface area contributed by atoms with E-state index in [-0.39, 0.29) is 23.3 Å². The average Bonchev–Trinajstić information content (AvgIpc) is 3.21. The Balaban J connectivity index is 1.73. The minimum Gasteiger partial charge on any atom is -0.467 e. The Morgan fingerprint density at radius 3 is 2.96 bits per heavy atom. The van der Waals surface area contributed by atoms with Crippen molar-refractivity contribution in [3.05, 3.63) is 42.0 Å². The van der Waals surface area contributed by atoms with Crippen LogP contribution in [-0.4, -0.2) is 53.4 Å². The molecule has 2 spiro atoms. The number of ether oxygens (including phenoxy) is 1. The van der Waals surface area contributed by atoms with E-state index in [4.69, 9.17) is 4.74 Å². The fourth-order valence-electron chi connectivity index (χ4n) is 7.70. The minimum atomic E-state index is -1.12. The third-order valence-corrected chi connectivity index (χ3v) is 8.54. The van der Waals surface area contributed by atoms with Crippen molar-refractivity contribution in [3.8, 4) is 0 Å². The van der Waals surface area contributed by atoms with Gasteiger partial charge in [0.05, 0.1) is 12.5 Å². The summed E-state index contributed by atoms with van der Waals surface area (Å²) in [5.74, 6) is -0.334. The molecule has 3 saturated carbocycles. The summed E-state index contributed by atoms with van der Waals surface area (Å²) in [5, 5.41) is 15.5. The smallest absolute Gasteiger partial charge is 0.335 e. The Hall–Kier alpha value is -1.85. The van der Waals surface area contributed by atoms with Gasteiger partial charge >= 0.3 is 5.97 Å². The lowest BCUT2D eigenvalue weighted by Crippen LogP contribution is -2.90. The number of anilines is 1. The molecule has 5 nitrogen and oxygen atoms in total. The summed E-state index contributed by atoms with van der Waals surface area (Å²) < 4.78 is 5.36. The molecular weight excluding hydrogens is 328 g/mol. The maximum absolute atomic E-state index is 13.4. The van der Waals surface area contributed by atoms with Crippen LogP contribution in [0.1, 0.15) is 25.3 Å². The lowest BCUT2D eigenvalue weighted by Gasteiger charge is -2.76. The van der Waals surface area contributed by atoms with E-state index in [1.165, 1.54) is 12.7 Å². The predicted octanol–water partition coefficient (Wildman–Crippen LogP) is 1.68. The number of hydrogen-bond acceptors (Lipinski definition) is 5. The standard InChI is InChI=1S/C21H24N2O3/c1-13-18-8-5-10-23-11-9-19(16(18)23)14-6-3-4-7-15(14)22-21(19,17(24)26-2)20(13,25)12-18/h3-8,13,16,22,25H,9-12H2,1-2H3/t13-,16-,18-,19+,20+,21-/m0/s1. The summed E-state index contributed by atoms with van der Waals surface area (Å²) >= 11 is 0. The molecule has 3 heterocycles. The molecule has 26 heavy (non-hydrogen) atoms. The number of fused-ring (bicyclic) bond motifs is 1. The van der Waals surface area contributed by atoms with Crippen molar-refractivity contribution in [2.24, 2.45) is 11.3 Å². The third kappa shape index (κ3) is 1.14. The highest BCUT2D eigenvalue weighted by atomic mass is 16.5. The highest BCUT2D eigenvalue weighted by Crippen LogP contribution is 2.78. The molecule has 0 radical (unpaired) electrons. The minimum absolute atomic E-state index is 0.00816. The van der Waals surface area contributed by atoms with Crippen LogP contribution < -0.4 is 5.32 Å². The zero-order chi connectivity index (χ0) is 17.9. The van der Waals surface area contributed by atoms with Crippen LogP contribution in [0, 0.1) is 11.3 Å². The van der Waals surface area contributed by atoms with E-state index in [2.05, 4.69) is 35.4 Å². The molecule has 2 N–H and O–H groups in total. The second kappa shape index (κ2) is 4.18. The number of methoxy groups -OCH3 is 1. The Bertz CT molecular complexity index is 884. The molecule has 6 atom stereocenters. The molecule has 4 fully saturated rings. The molecule has 0 amide bonds. The average molecular weight is 352 g/mol. The van der Waals surface area contributed by atoms with Gasteiger partial charge in [0.2, 0.25) is 0 Å². The number of hydrogen-bond donors (Lipinski definition) is 2. The third-order valence-electron chi connectivity index (χ3n) is 8.54. The maximum Gasteiger partial charge on any atom is 0.335 e. The number of esters is 1. The van der Waals surface area contributed by atoms with Crippen molar-refractivity contribution in [2.45, 2.75) is 42.4 Å². The number of benzene rings is 1. The monoisotopic (exact) mass is 352 g/mol. The number of carbonyl (C=O) groups excluding carboxylic acids is 1. The van der Waals surface area contributed by atoms with Gasteiger partial charge in [0.1, 0.15) is 5.60 Å². The van der Waals surface area contributed by atoms with E-state index in [0.717, 1.165) is 25.2 Å². The van der Waals surface area contributed by atoms with Gasteiger partial charge in [-0.25, -0.2) is 4.79 Å². The van der Waals surface area contributed by atoms with Crippen LogP contribution in [-0.2, 0) is 14.9 Å². The molecule has 5 heteroatoms. The molecule has 1 saturated heterocycles. The Morgan fingerprint density at radius 1 is 1.38 bits per heavy atom. The zero-order valence-corrected chi connectivity index (χ0v) is 15.2. The second-order valence-electron chi connectivity index (χ2n) is 8.87. The van der Waals surface area contributed by atoms with Crippen LogP contribution in [0.2, 0.25) is 0 Å². The first-order chi connectivity index (χ1) is 12.5. The first kappa shape index (κ1) is 15.2. The van der Waals surface area contributed by atoms with Gasteiger partial charge in [0.25, 0.3) is 0 Å². The Labute approximate surface area is 153 Å². The number of para-hydroxylation sites is 1. The van der Waals surface area contributed by atoms with Gasteiger partial charge in [0, 0.05) is 23.7 Å². The van der Waals surface area contributed by atoms with E-state index >= 15 is 0 Å². The van der Waals surface area contributed by atoms with Gasteiger partial charge in [-0.2, -0.15) is 0 Å². The molecule has 1 aromatic carbocycles. The van der Waals surface area contributed by atoms with Crippen molar-refractivity contribution in [1.82, 2.24) is 4.90 Å². The predicted molar refractivity (Wildman–Crippen MR) is 96.8 cm³/mol. The quantitative estimate of drug-likeness (QED) is 0.595. The lowest BCUT2D eigenvalue weighted by molar-refractivity contribution is -0.280. The molecule has 2 bridgehead atoms. The van der Waals surface area contributed by atoms with E-state index in [0.29, 0.717) is 6.42 Å². The number of nitrogens with one attached hydrogen (secondary N) is 1. The van der Waals surface area contributed by atoms with Crippen LogP contribution in [0.3, 0.4) is 0 Å². The molecule has 7 rings (SSSR count). The largest absolute Gasteiger partial charge is 0.467 e. The lowest BCUT2D eigenvalue weighted by atomic mass is 9.31. The van der Waals surface area contributed by atoms with E-state index < -0.39 is 16.6 Å². The van der Waals surface area contributed by atoms with Crippen LogP contribution in [0.4, 0.5) is 5.69 Å². The van der Waals surface area contributed by atoms with Crippen LogP contribution in [0.5, 0.6) is 0 Å². The van der Waals surface area contributed by atoms with Crippen molar-refractivity contribution >= 4 is 11.7 Å². The normalized spacial score (nSPS) is 49.5. The van der Waals surface area contributed by atoms with Gasteiger partial charge in [-0.05, 0) is 36.9 Å². The van der Waals surface area contributed by atoms with Crippen molar-refractivity contribution in [1.29, 1.82) is 0 Å². The van der Waals surface area contributed by atoms with Crippen molar-refractivity contribution < 1.29 is 14.6 Å². The number of aliphatic hydroxyl groups is 1. The van der Waals surface area contributed by atoms with E-state index in [1.807, 2.05) is 18.2 Å². The number of rotatable bonds is 1. The molecular formula is C21H24N2O3. The SMILES string of the molecule is COC(=O)[C@]12Nc3ccccc3[C@@]13CCN1CC=C[C@@]4(C[C@@]2(O)[C@H]4C)[C@H]13. The van der Waals surface area contributed by atoms with Crippen molar-refractivity contribution in [2.75, 3.05) is 25.5 Å². The van der Waals surface area contributed by atoms with Crippen LogP contribution in [0.25, 0.3) is 0 Å². The summed E-state index contributed by atoms with van der Waals surface area (Å²) in [4.78, 5) is 15.9. The van der Waals surface area contributed by atoms with Crippen LogP contribution >= 0.6 is 0 Å². The summed E-state index contributed by atoms with van der Waals surface area (Å²) in [6.45, 7) is 3.96. The summed E-state index contributed by atoms with van der Waals surface area (Å²) in [5.41, 5.74) is -0.626. The van der Waals surface area contributed by atoms with E-state index in [9.17, 15) is 9.90 Å². The number of nitrogens with zero attached hydrogens (tertiary/aromatic N) is 1. The highest BCUT2D eigenvalue weighted by molar-refractivity contribution is 5.95. The van der Waals surface area contributed by atoms with Gasteiger partial charge < -0.3 is 15.2 Å². The topological polar surface area (TPSA) is 61.8 Å². The molecule has 0 unspecified atom stereocenters. The summed E-state index contributed by atoms with van der Waals surface area (Å²) in [7, 11) is 1.44. The van der Waals surface area contributed by atoms with Gasteiger partial charge in [0.15, 0.2) is 5.54 Å². The molecule has 6 aliphatic rings. The molecule has 3 aliphatic carbocycles. The van der Waals surface area contributed by atoms with E-state index in [1.54, 1.807) is 0 Å². The molecule has 3 aliphatic heterocycles. The fraction of sp³-hybridized carbons (Fsp3) is 0.571. The summed E-state index contributed by atoms with van der Waals surface area (Å²) in [6, 6.07) is 8.42. The first-order valence-electron chi connectivity index (χ1n) is 9.58. The van der Waals surface area contributed by atoms with Gasteiger partial charge in [-0.3, -0.25) is 4.90 Å². The highest BCUT2D eigenvalue weighted by Gasteiger charge is 2.90. The molecule has 0 aromatic heterocycles. The van der Waals surface area contributed by atoms with Crippen molar-refractivity contribution in [3.63, 3.8) is 0 Å². The number of carbonyl (C=O) groups is 1. The van der Waals surface area contributed by atoms with Gasteiger partial charge in [-0.1, -0.05) is 37.3 Å². The zero-order valence-electron chi connectivity index (χ0n) is 15.2. The molecule has 136 valence electrons. The summed E-state index contributed by atoms with van der Waals surface area (Å²) in [6.07, 6.45) is 6.06. The Morgan fingerprint density at radius 2 is 2.19 bits per heavy atom. The molecule has 1 aromatic rings. The van der Waals surface area contributed by atoms with Gasteiger partial charge in [-0.15, -0.1) is 0 Å². The maximum atomic E-state index is 13.4.